The van der Waals surface area contributed by atoms with Gasteiger partial charge in [0, 0.05) is 29.5 Å². The molecule has 0 aliphatic carbocycles. The van der Waals surface area contributed by atoms with Gasteiger partial charge in [-0.1, -0.05) is 18.2 Å². The number of halogens is 1. The molecule has 2 aromatic rings. The normalized spacial score (nSPS) is 11.4. The van der Waals surface area contributed by atoms with Gasteiger partial charge in [0.2, 0.25) is 0 Å². The van der Waals surface area contributed by atoms with Gasteiger partial charge in [0.15, 0.2) is 0 Å². The number of aliphatic carboxylic acids is 1. The molecule has 1 N–H and O–H groups in total. The van der Waals surface area contributed by atoms with Crippen LogP contribution in [0.5, 0.6) is 5.75 Å². The Morgan fingerprint density at radius 1 is 1.33 bits per heavy atom. The van der Waals surface area contributed by atoms with Gasteiger partial charge in [-0.25, -0.2) is 0 Å². The van der Waals surface area contributed by atoms with Gasteiger partial charge in [0.25, 0.3) is 0 Å². The van der Waals surface area contributed by atoms with Crippen molar-refractivity contribution in [3.63, 3.8) is 0 Å². The summed E-state index contributed by atoms with van der Waals surface area (Å²) in [5.41, 5.74) is 3.66. The van der Waals surface area contributed by atoms with Gasteiger partial charge in [0.05, 0.1) is 13.5 Å². The molecular weight excluding hydrogens is 366 g/mol. The number of allylic oxidation sites excluding steroid dienone is 4. The van der Waals surface area contributed by atoms with Gasteiger partial charge in [0.1, 0.15) is 12.0 Å². The van der Waals surface area contributed by atoms with Crippen LogP contribution in [0.4, 0.5) is 0 Å². The standard InChI is InChI=1S/C13H15NO3.C8H11ClO/c1-8-10(7-13(15)16)11-6-9(17-3)4-5-12(11)14(8)2;1-2-8(7-10)5-3-4-6-9/h4-6H,7H2,1-3H3,(H,15,16);2-4,7H,5-6H2,1H3/b;4-3-,8-2+. The summed E-state index contributed by atoms with van der Waals surface area (Å²) in [5.74, 6) is 0.439. The Morgan fingerprint density at radius 2 is 2.04 bits per heavy atom. The van der Waals surface area contributed by atoms with Crippen molar-refractivity contribution in [2.24, 2.45) is 7.05 Å². The minimum absolute atomic E-state index is 0.0380. The van der Waals surface area contributed by atoms with Crippen LogP contribution in [0.15, 0.2) is 42.0 Å². The van der Waals surface area contributed by atoms with E-state index < -0.39 is 5.97 Å². The average molecular weight is 392 g/mol. The first-order valence-corrected chi connectivity index (χ1v) is 9.08. The summed E-state index contributed by atoms with van der Waals surface area (Å²) in [7, 11) is 3.54. The van der Waals surface area contributed by atoms with Crippen LogP contribution in [-0.2, 0) is 23.1 Å². The molecule has 0 spiro atoms. The van der Waals surface area contributed by atoms with E-state index in [9.17, 15) is 9.59 Å². The van der Waals surface area contributed by atoms with Crippen LogP contribution in [0.25, 0.3) is 10.9 Å². The number of ether oxygens (including phenoxy) is 1. The van der Waals surface area contributed by atoms with Gasteiger partial charge in [-0.15, -0.1) is 11.6 Å². The summed E-state index contributed by atoms with van der Waals surface area (Å²) in [6, 6.07) is 5.72. The van der Waals surface area contributed by atoms with Crippen molar-refractivity contribution in [1.82, 2.24) is 4.57 Å². The van der Waals surface area contributed by atoms with Crippen molar-refractivity contribution in [3.8, 4) is 5.75 Å². The first kappa shape index (κ1) is 22.5. The molecule has 27 heavy (non-hydrogen) atoms. The molecule has 0 saturated heterocycles. The number of carboxylic acid groups (broad SMARTS) is 1. The number of methoxy groups -OCH3 is 1. The van der Waals surface area contributed by atoms with E-state index in [-0.39, 0.29) is 6.42 Å². The van der Waals surface area contributed by atoms with E-state index in [2.05, 4.69) is 0 Å². The minimum atomic E-state index is -0.816. The largest absolute Gasteiger partial charge is 0.497 e. The lowest BCUT2D eigenvalue weighted by molar-refractivity contribution is -0.136. The fourth-order valence-electron chi connectivity index (χ4n) is 2.65. The maximum absolute atomic E-state index is 10.9. The number of alkyl halides is 1. The highest BCUT2D eigenvalue weighted by Gasteiger charge is 2.14. The van der Waals surface area contributed by atoms with Crippen molar-refractivity contribution < 1.29 is 19.4 Å². The zero-order chi connectivity index (χ0) is 20.4. The number of rotatable bonds is 7. The topological polar surface area (TPSA) is 68.5 Å². The van der Waals surface area contributed by atoms with Gasteiger partial charge in [-0.3, -0.25) is 9.59 Å². The SMILES string of the molecule is C/C=C(/C=O)C/C=C\CCl.COc1ccc2c(c1)c(CC(=O)O)c(C)n2C. The fraction of sp³-hybridized carbons (Fsp3) is 0.333. The molecule has 0 saturated carbocycles. The first-order valence-electron chi connectivity index (χ1n) is 8.54. The fourth-order valence-corrected chi connectivity index (χ4v) is 2.77. The van der Waals surface area contributed by atoms with Crippen molar-refractivity contribution in [1.29, 1.82) is 0 Å². The monoisotopic (exact) mass is 391 g/mol. The number of hydrogen-bond donors (Lipinski definition) is 1. The number of aryl methyl sites for hydroxylation is 1. The highest BCUT2D eigenvalue weighted by Crippen LogP contribution is 2.28. The Morgan fingerprint density at radius 3 is 2.56 bits per heavy atom. The molecule has 0 amide bonds. The maximum Gasteiger partial charge on any atom is 0.307 e. The maximum atomic E-state index is 10.9. The molecule has 2 rings (SSSR count). The van der Waals surface area contributed by atoms with Crippen LogP contribution < -0.4 is 4.74 Å². The number of aromatic nitrogens is 1. The van der Waals surface area contributed by atoms with Gasteiger partial charge < -0.3 is 14.4 Å². The lowest BCUT2D eigenvalue weighted by atomic mass is 10.1. The van der Waals surface area contributed by atoms with E-state index in [1.54, 1.807) is 13.2 Å². The molecule has 1 heterocycles. The molecule has 0 aliphatic rings. The number of hydrogen-bond acceptors (Lipinski definition) is 3. The number of fused-ring (bicyclic) bond motifs is 1. The second-order valence-electron chi connectivity index (χ2n) is 5.89. The van der Waals surface area contributed by atoms with E-state index in [1.165, 1.54) is 0 Å². The average Bonchev–Trinajstić information content (AvgIpc) is 2.90. The highest BCUT2D eigenvalue weighted by atomic mass is 35.5. The quantitative estimate of drug-likeness (QED) is 0.328. The summed E-state index contributed by atoms with van der Waals surface area (Å²) in [5, 5.41) is 9.90. The van der Waals surface area contributed by atoms with Gasteiger partial charge >= 0.3 is 5.97 Å². The van der Waals surface area contributed by atoms with Crippen LogP contribution >= 0.6 is 11.6 Å². The van der Waals surface area contributed by atoms with E-state index in [1.807, 2.05) is 55.8 Å². The van der Waals surface area contributed by atoms with Gasteiger partial charge in [-0.2, -0.15) is 0 Å². The van der Waals surface area contributed by atoms with Crippen molar-refractivity contribution in [3.05, 3.63) is 53.3 Å². The summed E-state index contributed by atoms with van der Waals surface area (Å²) < 4.78 is 7.18. The van der Waals surface area contributed by atoms with Crippen molar-refractivity contribution in [2.45, 2.75) is 26.7 Å². The molecule has 1 aromatic carbocycles. The second kappa shape index (κ2) is 11.2. The Hall–Kier alpha value is -2.53. The lowest BCUT2D eigenvalue weighted by Crippen LogP contribution is -2.01. The van der Waals surface area contributed by atoms with Crippen molar-refractivity contribution >= 4 is 34.8 Å². The highest BCUT2D eigenvalue weighted by molar-refractivity contribution is 6.18. The summed E-state index contributed by atoms with van der Waals surface area (Å²) >= 11 is 5.38. The third-order valence-corrected chi connectivity index (χ3v) is 4.47. The smallest absolute Gasteiger partial charge is 0.307 e. The molecule has 6 heteroatoms. The zero-order valence-corrected chi connectivity index (χ0v) is 16.9. The van der Waals surface area contributed by atoms with Crippen LogP contribution in [0.1, 0.15) is 24.6 Å². The van der Waals surface area contributed by atoms with Crippen LogP contribution in [-0.4, -0.2) is 34.9 Å². The number of carbonyl (C=O) groups excluding carboxylic acids is 1. The van der Waals surface area contributed by atoms with Crippen LogP contribution in [0, 0.1) is 6.92 Å². The van der Waals surface area contributed by atoms with E-state index >= 15 is 0 Å². The third-order valence-electron chi connectivity index (χ3n) is 4.29. The summed E-state index contributed by atoms with van der Waals surface area (Å²) in [4.78, 5) is 21.1. The third kappa shape index (κ3) is 6.29. The number of carbonyl (C=O) groups is 2. The van der Waals surface area contributed by atoms with Gasteiger partial charge in [-0.05, 0) is 49.6 Å². The molecule has 0 bridgehead atoms. The molecule has 5 nitrogen and oxygen atoms in total. The minimum Gasteiger partial charge on any atom is -0.497 e. The number of aldehydes is 1. The van der Waals surface area contributed by atoms with Crippen LogP contribution in [0.2, 0.25) is 0 Å². The Kier molecular flexibility index (Phi) is 9.37. The molecule has 0 fully saturated rings. The lowest BCUT2D eigenvalue weighted by Gasteiger charge is -2.01. The molecule has 146 valence electrons. The Labute approximate surface area is 164 Å². The molecular formula is C21H26ClNO4. The zero-order valence-electron chi connectivity index (χ0n) is 16.2. The van der Waals surface area contributed by atoms with E-state index in [0.717, 1.165) is 39.8 Å². The Bertz CT molecular complexity index is 849. The second-order valence-corrected chi connectivity index (χ2v) is 6.20. The molecule has 0 unspecified atom stereocenters. The van der Waals surface area contributed by atoms with E-state index in [4.69, 9.17) is 21.4 Å². The number of carboxylic acids is 1. The predicted molar refractivity (Wildman–Crippen MR) is 110 cm³/mol. The van der Waals surface area contributed by atoms with E-state index in [0.29, 0.717) is 12.3 Å². The molecule has 0 atom stereocenters. The number of nitrogens with zero attached hydrogens (tertiary/aromatic N) is 1. The summed E-state index contributed by atoms with van der Waals surface area (Å²) in [6.07, 6.45) is 7.10. The molecule has 0 aliphatic heterocycles. The predicted octanol–water partition coefficient (Wildman–Crippen LogP) is 4.44. The summed E-state index contributed by atoms with van der Waals surface area (Å²) in [6.45, 7) is 3.78. The Balaban J connectivity index is 0.000000314. The van der Waals surface area contributed by atoms with Crippen LogP contribution in [0.3, 0.4) is 0 Å². The number of benzene rings is 1. The molecule has 0 radical (unpaired) electrons. The molecule has 1 aromatic heterocycles. The van der Waals surface area contributed by atoms with Crippen molar-refractivity contribution in [2.75, 3.05) is 13.0 Å². The first-order chi connectivity index (χ1) is 12.9.